The van der Waals surface area contributed by atoms with Crippen LogP contribution in [0.3, 0.4) is 0 Å². The monoisotopic (exact) mass is 622 g/mol. The van der Waals surface area contributed by atoms with Gasteiger partial charge in [0, 0.05) is 39.7 Å². The van der Waals surface area contributed by atoms with Crippen LogP contribution in [0.1, 0.15) is 27.0 Å². The first-order valence-electron chi connectivity index (χ1n) is 10.9. The lowest BCUT2D eigenvalue weighted by atomic mass is 10.0. The van der Waals surface area contributed by atoms with Gasteiger partial charge in [0.15, 0.2) is 0 Å². The van der Waals surface area contributed by atoms with Crippen molar-refractivity contribution >= 4 is 87.9 Å². The maximum Gasteiger partial charge on any atom is 0.338 e. The number of aliphatic hydroxyl groups is 2. The van der Waals surface area contributed by atoms with Crippen molar-refractivity contribution in [3.8, 4) is 11.1 Å². The molecule has 3 aromatic carbocycles. The molecule has 0 amide bonds. The lowest BCUT2D eigenvalue weighted by Crippen LogP contribution is -2.04. The number of carbonyl (C=O) groups is 1. The summed E-state index contributed by atoms with van der Waals surface area (Å²) in [5.41, 5.74) is 2.43. The molecule has 2 N–H and O–H groups in total. The highest BCUT2D eigenvalue weighted by Crippen LogP contribution is 2.39. The number of fused-ring (bicyclic) bond motifs is 2. The predicted octanol–water partition coefficient (Wildman–Crippen LogP) is 8.70. The number of hydrogen-bond acceptors (Lipinski definition) is 6. The topological polar surface area (TPSA) is 66.8 Å². The zero-order valence-corrected chi connectivity index (χ0v) is 23.8. The number of carbonyl (C=O) groups excluding carboxylic acids is 1. The average Bonchev–Trinajstić information content (AvgIpc) is 3.53. The average molecular weight is 624 g/mol. The summed E-state index contributed by atoms with van der Waals surface area (Å²) in [4.78, 5) is 13.7. The van der Waals surface area contributed by atoms with E-state index in [1.54, 1.807) is 24.3 Å². The van der Waals surface area contributed by atoms with E-state index in [1.165, 1.54) is 11.3 Å². The van der Waals surface area contributed by atoms with Gasteiger partial charge in [0.25, 0.3) is 0 Å². The van der Waals surface area contributed by atoms with Gasteiger partial charge in [0.05, 0.1) is 30.1 Å². The van der Waals surface area contributed by atoms with E-state index in [0.29, 0.717) is 17.2 Å². The molecule has 0 bridgehead atoms. The van der Waals surface area contributed by atoms with Gasteiger partial charge in [-0.1, -0.05) is 41.4 Å². The number of aliphatic hydroxyl groups excluding tert-OH is 2. The summed E-state index contributed by atoms with van der Waals surface area (Å²) in [5.74, 6) is -0.332. The van der Waals surface area contributed by atoms with Gasteiger partial charge in [0.1, 0.15) is 0 Å². The third-order valence-electron chi connectivity index (χ3n) is 5.31. The van der Waals surface area contributed by atoms with Gasteiger partial charge >= 0.3 is 5.97 Å². The molecule has 4 nitrogen and oxygen atoms in total. The highest BCUT2D eigenvalue weighted by atomic mass is 79.9. The second kappa shape index (κ2) is 12.0. The van der Waals surface area contributed by atoms with Crippen molar-refractivity contribution in [1.82, 2.24) is 0 Å². The van der Waals surface area contributed by atoms with E-state index in [9.17, 15) is 9.90 Å². The van der Waals surface area contributed by atoms with Crippen molar-refractivity contribution in [2.45, 2.75) is 20.1 Å². The van der Waals surface area contributed by atoms with E-state index >= 15 is 0 Å². The molecular formula is C27H21BrCl2O4S2. The largest absolute Gasteiger partial charge is 0.462 e. The van der Waals surface area contributed by atoms with Crippen LogP contribution in [0.4, 0.5) is 0 Å². The van der Waals surface area contributed by atoms with Gasteiger partial charge in [0.2, 0.25) is 0 Å². The fraction of sp³-hybridized carbons (Fsp3) is 0.148. The van der Waals surface area contributed by atoms with Gasteiger partial charge < -0.3 is 14.9 Å². The van der Waals surface area contributed by atoms with Crippen LogP contribution in [0.5, 0.6) is 0 Å². The van der Waals surface area contributed by atoms with E-state index in [-0.39, 0.29) is 19.2 Å². The lowest BCUT2D eigenvalue weighted by Gasteiger charge is -2.07. The van der Waals surface area contributed by atoms with Crippen molar-refractivity contribution in [2.75, 3.05) is 6.61 Å². The summed E-state index contributed by atoms with van der Waals surface area (Å²) in [6.07, 6.45) is 0. The summed E-state index contributed by atoms with van der Waals surface area (Å²) >= 11 is 18.8. The Hall–Kier alpha value is -1.97. The molecule has 0 atom stereocenters. The number of rotatable bonds is 5. The second-order valence-corrected chi connectivity index (χ2v) is 11.6. The Balaban J connectivity index is 0.000000197. The first kappa shape index (κ1) is 27.1. The highest BCUT2D eigenvalue weighted by Gasteiger charge is 2.13. The van der Waals surface area contributed by atoms with Gasteiger partial charge in [-0.2, -0.15) is 0 Å². The molecule has 5 aromatic rings. The van der Waals surface area contributed by atoms with Crippen LogP contribution in [0.2, 0.25) is 10.0 Å². The van der Waals surface area contributed by atoms with Crippen LogP contribution in [0.15, 0.2) is 65.1 Å². The Morgan fingerprint density at radius 1 is 0.889 bits per heavy atom. The minimum Gasteiger partial charge on any atom is -0.462 e. The van der Waals surface area contributed by atoms with E-state index in [4.69, 9.17) is 33.0 Å². The summed E-state index contributed by atoms with van der Waals surface area (Å²) in [7, 11) is 0. The SMILES string of the molecule is CCOC(=O)c1cccc(-c2ccc(Cl)c3cc(CO)sc23)c1.OCc1cc2c(Cl)ccc(Br)c2s1. The molecule has 0 aliphatic carbocycles. The molecule has 2 aromatic heterocycles. The Kier molecular flexibility index (Phi) is 9.06. The summed E-state index contributed by atoms with van der Waals surface area (Å²) in [5, 5.41) is 21.7. The van der Waals surface area contributed by atoms with Gasteiger partial charge in [-0.3, -0.25) is 0 Å². The molecule has 0 fully saturated rings. The molecule has 2 heterocycles. The second-order valence-electron chi connectivity index (χ2n) is 7.65. The Morgan fingerprint density at radius 3 is 2.11 bits per heavy atom. The molecule has 0 saturated heterocycles. The fourth-order valence-corrected chi connectivity index (χ4v) is 6.81. The van der Waals surface area contributed by atoms with Crippen molar-refractivity contribution in [3.63, 3.8) is 0 Å². The third kappa shape index (κ3) is 5.78. The highest BCUT2D eigenvalue weighted by molar-refractivity contribution is 9.10. The molecule has 0 aliphatic heterocycles. The molecule has 0 radical (unpaired) electrons. The van der Waals surface area contributed by atoms with E-state index in [2.05, 4.69) is 15.9 Å². The Labute approximate surface area is 234 Å². The van der Waals surface area contributed by atoms with Gasteiger partial charge in [-0.05, 0) is 76.4 Å². The van der Waals surface area contributed by atoms with Gasteiger partial charge in [-0.25, -0.2) is 4.79 Å². The van der Waals surface area contributed by atoms with Crippen molar-refractivity contribution in [1.29, 1.82) is 0 Å². The smallest absolute Gasteiger partial charge is 0.338 e. The van der Waals surface area contributed by atoms with Crippen LogP contribution in [0.25, 0.3) is 31.3 Å². The molecule has 0 aliphatic rings. The molecule has 186 valence electrons. The molecule has 9 heteroatoms. The van der Waals surface area contributed by atoms with E-state index < -0.39 is 0 Å². The van der Waals surface area contributed by atoms with Crippen molar-refractivity contribution in [3.05, 3.63) is 90.5 Å². The summed E-state index contributed by atoms with van der Waals surface area (Å²) in [6.45, 7) is 2.19. The van der Waals surface area contributed by atoms with Crippen LogP contribution < -0.4 is 0 Å². The minimum absolute atomic E-state index is 0.0159. The molecule has 0 unspecified atom stereocenters. The van der Waals surface area contributed by atoms with Crippen LogP contribution in [0, 0.1) is 0 Å². The standard InChI is InChI=1S/C18H15ClO3S.C9H6BrClOS/c1-2-22-18(21)12-5-3-4-11(8-12)14-6-7-16(19)15-9-13(10-20)23-17(14)15;10-7-1-2-8(11)6-3-5(4-12)13-9(6)7/h3-9,20H,2,10H2,1H3;1-3,12H,4H2. The van der Waals surface area contributed by atoms with Crippen molar-refractivity contribution in [2.24, 2.45) is 0 Å². The van der Waals surface area contributed by atoms with Gasteiger partial charge in [-0.15, -0.1) is 22.7 Å². The molecule has 0 spiro atoms. The predicted molar refractivity (Wildman–Crippen MR) is 155 cm³/mol. The lowest BCUT2D eigenvalue weighted by molar-refractivity contribution is 0.0526. The first-order chi connectivity index (χ1) is 17.4. The van der Waals surface area contributed by atoms with E-state index in [0.717, 1.165) is 50.5 Å². The third-order valence-corrected chi connectivity index (χ3v) is 9.20. The number of ether oxygens (including phenoxy) is 1. The quantitative estimate of drug-likeness (QED) is 0.192. The summed E-state index contributed by atoms with van der Waals surface area (Å²) in [6, 6.07) is 18.7. The fourth-order valence-electron chi connectivity index (χ4n) is 3.66. The maximum atomic E-state index is 11.9. The van der Waals surface area contributed by atoms with E-state index in [1.807, 2.05) is 54.6 Å². The number of hydrogen-bond donors (Lipinski definition) is 2. The molecule has 36 heavy (non-hydrogen) atoms. The molecule has 0 saturated carbocycles. The van der Waals surface area contributed by atoms with Crippen LogP contribution in [-0.4, -0.2) is 22.8 Å². The molecular weight excluding hydrogens is 603 g/mol. The van der Waals surface area contributed by atoms with Crippen LogP contribution >= 0.6 is 61.8 Å². The maximum absolute atomic E-state index is 11.9. The van der Waals surface area contributed by atoms with Crippen molar-refractivity contribution < 1.29 is 19.7 Å². The number of halogens is 3. The zero-order chi connectivity index (χ0) is 25.8. The zero-order valence-electron chi connectivity index (χ0n) is 19.1. The van der Waals surface area contributed by atoms with Crippen LogP contribution in [-0.2, 0) is 18.0 Å². The number of esters is 1. The normalized spacial score (nSPS) is 10.9. The Bertz CT molecular complexity index is 1510. The Morgan fingerprint density at radius 2 is 1.50 bits per heavy atom. The first-order valence-corrected chi connectivity index (χ1v) is 14.1. The molecule has 5 rings (SSSR count). The minimum atomic E-state index is -0.332. The number of thiophene rings is 2. The summed E-state index contributed by atoms with van der Waals surface area (Å²) < 4.78 is 8.18. The number of benzene rings is 3.